The molecular weight excluding hydrogens is 292 g/mol. The molecule has 0 N–H and O–H groups in total. The molecule has 0 unspecified atom stereocenters. The molecule has 0 aliphatic carbocycles. The summed E-state index contributed by atoms with van der Waals surface area (Å²) >= 11 is 0. The van der Waals surface area contributed by atoms with E-state index in [4.69, 9.17) is 4.74 Å². The van der Waals surface area contributed by atoms with Crippen molar-refractivity contribution in [3.8, 4) is 0 Å². The van der Waals surface area contributed by atoms with Crippen molar-refractivity contribution in [2.24, 2.45) is 5.92 Å². The molecule has 2 aromatic rings. The van der Waals surface area contributed by atoms with Crippen LogP contribution in [0.3, 0.4) is 0 Å². The third-order valence-corrected chi connectivity index (χ3v) is 5.32. The Morgan fingerprint density at radius 2 is 2.13 bits per heavy atom. The van der Waals surface area contributed by atoms with Crippen molar-refractivity contribution in [3.63, 3.8) is 0 Å². The molecule has 4 heterocycles. The summed E-state index contributed by atoms with van der Waals surface area (Å²) in [5.41, 5.74) is 1.56. The van der Waals surface area contributed by atoms with E-state index in [0.29, 0.717) is 13.2 Å². The van der Waals surface area contributed by atoms with Crippen molar-refractivity contribution >= 4 is 11.6 Å². The molecule has 4 rings (SSSR count). The van der Waals surface area contributed by atoms with E-state index in [0.717, 1.165) is 43.6 Å². The Kier molecular flexibility index (Phi) is 3.56. The van der Waals surface area contributed by atoms with Crippen LogP contribution in [-0.4, -0.2) is 45.2 Å². The van der Waals surface area contributed by atoms with Gasteiger partial charge in [-0.05, 0) is 38.7 Å². The highest BCUT2D eigenvalue weighted by atomic mass is 16.5. The number of amides is 1. The van der Waals surface area contributed by atoms with Gasteiger partial charge in [0.15, 0.2) is 5.65 Å². The molecule has 1 atom stereocenters. The normalized spacial score (nSPS) is 26.0. The highest BCUT2D eigenvalue weighted by Gasteiger charge is 2.44. The molecule has 0 bridgehead atoms. The predicted molar refractivity (Wildman–Crippen MR) is 84.8 cm³/mol. The number of aromatic nitrogens is 3. The third kappa shape index (κ3) is 2.32. The highest BCUT2D eigenvalue weighted by Crippen LogP contribution is 2.40. The summed E-state index contributed by atoms with van der Waals surface area (Å²) in [4.78, 5) is 19.5. The Morgan fingerprint density at radius 3 is 2.96 bits per heavy atom. The first-order chi connectivity index (χ1) is 11.2. The van der Waals surface area contributed by atoms with Crippen LogP contribution in [0, 0.1) is 5.92 Å². The minimum atomic E-state index is -0.317. The van der Waals surface area contributed by atoms with Crippen molar-refractivity contribution in [1.82, 2.24) is 19.5 Å². The molecule has 2 aliphatic heterocycles. The Labute approximate surface area is 135 Å². The zero-order valence-electron chi connectivity index (χ0n) is 13.4. The molecule has 2 aromatic heterocycles. The molecule has 1 amide bonds. The SMILES string of the molecule is C[C@@]1(c2ccnc3ccnn23)CCCN1C(=O)C1CCOCC1. The van der Waals surface area contributed by atoms with Crippen molar-refractivity contribution in [2.45, 2.75) is 38.1 Å². The van der Waals surface area contributed by atoms with Crippen molar-refractivity contribution in [2.75, 3.05) is 19.8 Å². The van der Waals surface area contributed by atoms with Gasteiger partial charge in [-0.1, -0.05) is 0 Å². The third-order valence-electron chi connectivity index (χ3n) is 5.32. The topological polar surface area (TPSA) is 59.7 Å². The largest absolute Gasteiger partial charge is 0.381 e. The van der Waals surface area contributed by atoms with Crippen molar-refractivity contribution in [1.29, 1.82) is 0 Å². The van der Waals surface area contributed by atoms with Gasteiger partial charge in [0.25, 0.3) is 0 Å². The number of ether oxygens (including phenoxy) is 1. The summed E-state index contributed by atoms with van der Waals surface area (Å²) in [6.45, 7) is 4.37. The average Bonchev–Trinajstić information content (AvgIpc) is 3.21. The van der Waals surface area contributed by atoms with Gasteiger partial charge < -0.3 is 9.64 Å². The van der Waals surface area contributed by atoms with Gasteiger partial charge in [-0.15, -0.1) is 0 Å². The van der Waals surface area contributed by atoms with E-state index in [9.17, 15) is 4.79 Å². The van der Waals surface area contributed by atoms with Crippen molar-refractivity contribution in [3.05, 3.63) is 30.2 Å². The minimum absolute atomic E-state index is 0.0936. The van der Waals surface area contributed by atoms with Gasteiger partial charge in [0, 0.05) is 37.9 Å². The number of hydrogen-bond acceptors (Lipinski definition) is 4. The van der Waals surface area contributed by atoms with Crippen LogP contribution in [0.4, 0.5) is 0 Å². The second kappa shape index (κ2) is 5.60. The summed E-state index contributed by atoms with van der Waals surface area (Å²) in [7, 11) is 0. The van der Waals surface area contributed by atoms with Crippen LogP contribution in [0.5, 0.6) is 0 Å². The standard InChI is InChI=1S/C17H22N4O2/c1-17(14-3-8-18-15-4-9-19-21(14)15)7-2-10-20(17)16(22)13-5-11-23-12-6-13/h3-4,8-9,13H,2,5-7,10-12H2,1H3/t17-/m0/s1. The molecular formula is C17H22N4O2. The molecule has 0 saturated carbocycles. The molecule has 0 radical (unpaired) electrons. The number of rotatable bonds is 2. The summed E-state index contributed by atoms with van der Waals surface area (Å²) in [6.07, 6.45) is 7.22. The number of likely N-dealkylation sites (tertiary alicyclic amines) is 1. The lowest BCUT2D eigenvalue weighted by molar-refractivity contribution is -0.142. The lowest BCUT2D eigenvalue weighted by Crippen LogP contribution is -2.47. The zero-order chi connectivity index (χ0) is 15.9. The minimum Gasteiger partial charge on any atom is -0.381 e. The molecule has 6 heteroatoms. The summed E-state index contributed by atoms with van der Waals surface area (Å²) in [5.74, 6) is 0.363. The molecule has 6 nitrogen and oxygen atoms in total. The smallest absolute Gasteiger partial charge is 0.226 e. The van der Waals surface area contributed by atoms with E-state index in [1.165, 1.54) is 0 Å². The van der Waals surface area contributed by atoms with E-state index in [2.05, 4.69) is 21.9 Å². The van der Waals surface area contributed by atoms with Gasteiger partial charge in [-0.3, -0.25) is 4.79 Å². The lowest BCUT2D eigenvalue weighted by atomic mass is 9.91. The fourth-order valence-electron chi connectivity index (χ4n) is 3.99. The maximum Gasteiger partial charge on any atom is 0.226 e. The average molecular weight is 314 g/mol. The Morgan fingerprint density at radius 1 is 1.30 bits per heavy atom. The first-order valence-electron chi connectivity index (χ1n) is 8.38. The highest BCUT2D eigenvalue weighted by molar-refractivity contribution is 5.80. The van der Waals surface area contributed by atoms with Gasteiger partial charge in [0.2, 0.25) is 5.91 Å². The summed E-state index contributed by atoms with van der Waals surface area (Å²) in [6, 6.07) is 3.89. The maximum absolute atomic E-state index is 13.1. The van der Waals surface area contributed by atoms with Crippen LogP contribution in [-0.2, 0) is 15.1 Å². The second-order valence-electron chi connectivity index (χ2n) is 6.69. The number of nitrogens with zero attached hydrogens (tertiary/aromatic N) is 4. The Hall–Kier alpha value is -1.95. The monoisotopic (exact) mass is 314 g/mol. The molecule has 0 aromatic carbocycles. The molecule has 2 fully saturated rings. The van der Waals surface area contributed by atoms with Gasteiger partial charge in [0.05, 0.1) is 17.4 Å². The number of carbonyl (C=O) groups is 1. The van der Waals surface area contributed by atoms with E-state index < -0.39 is 0 Å². The first kappa shape index (κ1) is 14.6. The fourth-order valence-corrected chi connectivity index (χ4v) is 3.99. The summed E-state index contributed by atoms with van der Waals surface area (Å²) < 4.78 is 7.27. The second-order valence-corrected chi connectivity index (χ2v) is 6.69. The number of fused-ring (bicyclic) bond motifs is 1. The number of hydrogen-bond donors (Lipinski definition) is 0. The zero-order valence-corrected chi connectivity index (χ0v) is 13.4. The van der Waals surface area contributed by atoms with E-state index in [1.807, 2.05) is 22.8 Å². The van der Waals surface area contributed by atoms with Gasteiger partial charge in [-0.25, -0.2) is 9.50 Å². The number of carbonyl (C=O) groups excluding carboxylic acids is 1. The molecule has 122 valence electrons. The van der Waals surface area contributed by atoms with Crippen LogP contribution in [0.1, 0.15) is 38.3 Å². The van der Waals surface area contributed by atoms with Gasteiger partial charge in [-0.2, -0.15) is 5.10 Å². The lowest BCUT2D eigenvalue weighted by Gasteiger charge is -2.38. The first-order valence-corrected chi connectivity index (χ1v) is 8.38. The Bertz CT molecular complexity index is 722. The van der Waals surface area contributed by atoms with Crippen LogP contribution in [0.15, 0.2) is 24.5 Å². The Balaban J connectivity index is 1.70. The van der Waals surface area contributed by atoms with E-state index in [-0.39, 0.29) is 17.4 Å². The molecule has 2 saturated heterocycles. The van der Waals surface area contributed by atoms with Crippen LogP contribution >= 0.6 is 0 Å². The molecule has 23 heavy (non-hydrogen) atoms. The maximum atomic E-state index is 13.1. The van der Waals surface area contributed by atoms with Gasteiger partial charge in [0.1, 0.15) is 0 Å². The van der Waals surface area contributed by atoms with Crippen LogP contribution < -0.4 is 0 Å². The van der Waals surface area contributed by atoms with Crippen LogP contribution in [0.25, 0.3) is 5.65 Å². The van der Waals surface area contributed by atoms with E-state index >= 15 is 0 Å². The van der Waals surface area contributed by atoms with Crippen molar-refractivity contribution < 1.29 is 9.53 Å². The molecule has 0 spiro atoms. The fraction of sp³-hybridized carbons (Fsp3) is 0.588. The van der Waals surface area contributed by atoms with Gasteiger partial charge >= 0.3 is 0 Å². The quantitative estimate of drug-likeness (QED) is 0.850. The molecule has 2 aliphatic rings. The predicted octanol–water partition coefficient (Wildman–Crippen LogP) is 1.99. The van der Waals surface area contributed by atoms with E-state index in [1.54, 1.807) is 6.20 Å². The summed E-state index contributed by atoms with van der Waals surface area (Å²) in [5, 5.41) is 4.41. The van der Waals surface area contributed by atoms with Crippen LogP contribution in [0.2, 0.25) is 0 Å².